The first-order valence-electron chi connectivity index (χ1n) is 9.47. The maximum atomic E-state index is 5.20. The van der Waals surface area contributed by atoms with Crippen molar-refractivity contribution in [1.82, 2.24) is 14.5 Å². The number of rotatable bonds is 7. The smallest absolute Gasteiger partial charge is 0.203 e. The Labute approximate surface area is 165 Å². The first kappa shape index (κ1) is 18.0. The molecule has 0 saturated carbocycles. The van der Waals surface area contributed by atoms with Gasteiger partial charge in [0.25, 0.3) is 0 Å². The van der Waals surface area contributed by atoms with Gasteiger partial charge in [0.1, 0.15) is 5.75 Å². The number of methoxy groups -OCH3 is 1. The summed E-state index contributed by atoms with van der Waals surface area (Å²) in [6.07, 6.45) is 7.70. The van der Waals surface area contributed by atoms with Crippen LogP contribution in [-0.4, -0.2) is 28.2 Å². The molecule has 4 rings (SSSR count). The lowest BCUT2D eigenvalue weighted by atomic mass is 10.1. The molecule has 0 atom stereocenters. The van der Waals surface area contributed by atoms with Crippen molar-refractivity contribution >= 4 is 16.7 Å². The van der Waals surface area contributed by atoms with Crippen molar-refractivity contribution in [2.75, 3.05) is 19.0 Å². The second-order valence-electron chi connectivity index (χ2n) is 6.84. The third-order valence-corrected chi connectivity index (χ3v) is 5.01. The molecule has 142 valence electrons. The van der Waals surface area contributed by atoms with Gasteiger partial charge in [0.05, 0.1) is 19.0 Å². The van der Waals surface area contributed by atoms with Crippen molar-refractivity contribution < 1.29 is 4.74 Å². The largest absolute Gasteiger partial charge is 0.497 e. The summed E-state index contributed by atoms with van der Waals surface area (Å²) >= 11 is 0. The number of hydrogen-bond donors (Lipinski definition) is 1. The first-order chi connectivity index (χ1) is 13.7. The Hall–Kier alpha value is -3.34. The molecule has 2 aromatic carbocycles. The summed E-state index contributed by atoms with van der Waals surface area (Å²) in [5.41, 5.74) is 3.56. The summed E-state index contributed by atoms with van der Waals surface area (Å²) in [5.74, 6) is 1.78. The number of nitrogens with one attached hydrogen (secondary N) is 1. The molecule has 0 aliphatic rings. The molecular formula is C23H24N4O. The van der Waals surface area contributed by atoms with Crippen molar-refractivity contribution in [2.45, 2.75) is 12.8 Å². The van der Waals surface area contributed by atoms with Gasteiger partial charge in [0, 0.05) is 36.9 Å². The highest BCUT2D eigenvalue weighted by atomic mass is 16.5. The van der Waals surface area contributed by atoms with Crippen molar-refractivity contribution in [1.29, 1.82) is 0 Å². The number of fused-ring (bicyclic) bond motifs is 1. The quantitative estimate of drug-likeness (QED) is 0.478. The Bertz CT molecular complexity index is 1070. The third-order valence-electron chi connectivity index (χ3n) is 5.01. The molecule has 5 nitrogen and oxygen atoms in total. The summed E-state index contributed by atoms with van der Waals surface area (Å²) in [7, 11) is 3.74. The van der Waals surface area contributed by atoms with E-state index in [2.05, 4.69) is 50.2 Å². The van der Waals surface area contributed by atoms with Gasteiger partial charge in [-0.05, 0) is 48.1 Å². The molecule has 0 saturated heterocycles. The fourth-order valence-electron chi connectivity index (χ4n) is 3.37. The highest BCUT2D eigenvalue weighted by Gasteiger charge is 2.09. The molecule has 1 N–H and O–H groups in total. The van der Waals surface area contributed by atoms with E-state index in [-0.39, 0.29) is 0 Å². The molecule has 0 amide bonds. The summed E-state index contributed by atoms with van der Waals surface area (Å²) in [6.45, 7) is 0.875. The van der Waals surface area contributed by atoms with Gasteiger partial charge in [-0.3, -0.25) is 4.98 Å². The van der Waals surface area contributed by atoms with Gasteiger partial charge in [0.15, 0.2) is 0 Å². The van der Waals surface area contributed by atoms with Crippen LogP contribution >= 0.6 is 0 Å². The van der Waals surface area contributed by atoms with Crippen LogP contribution < -0.4 is 10.1 Å². The molecule has 0 spiro atoms. The van der Waals surface area contributed by atoms with Gasteiger partial charge in [0.2, 0.25) is 5.95 Å². The van der Waals surface area contributed by atoms with Gasteiger partial charge in [-0.15, -0.1) is 0 Å². The standard InChI is InChI=1S/C23H24N4O/c1-27-22(19-7-8-20-15-24-13-11-18(20)14-19)16-26-23(27)25-12-3-4-17-5-9-21(28-2)10-6-17/h5-11,13-16H,3-4,12H2,1-2H3,(H,25,26). The number of anilines is 1. The highest BCUT2D eigenvalue weighted by Crippen LogP contribution is 2.25. The normalized spacial score (nSPS) is 10.9. The van der Waals surface area contributed by atoms with Crippen LogP contribution in [0.4, 0.5) is 5.95 Å². The Morgan fingerprint density at radius 1 is 1.00 bits per heavy atom. The van der Waals surface area contributed by atoms with E-state index in [4.69, 9.17) is 4.74 Å². The predicted octanol–water partition coefficient (Wildman–Crippen LogP) is 4.69. The molecule has 5 heteroatoms. The molecule has 0 unspecified atom stereocenters. The number of ether oxygens (including phenoxy) is 1. The van der Waals surface area contributed by atoms with Crippen LogP contribution in [-0.2, 0) is 13.5 Å². The molecular weight excluding hydrogens is 348 g/mol. The molecule has 2 aromatic heterocycles. The zero-order chi connectivity index (χ0) is 19.3. The van der Waals surface area contributed by atoms with Crippen LogP contribution in [0.1, 0.15) is 12.0 Å². The van der Waals surface area contributed by atoms with Crippen molar-refractivity contribution in [3.05, 3.63) is 72.7 Å². The molecule has 2 heterocycles. The van der Waals surface area contributed by atoms with Crippen LogP contribution in [0.25, 0.3) is 22.0 Å². The molecule has 0 radical (unpaired) electrons. The second kappa shape index (κ2) is 8.13. The minimum atomic E-state index is 0.875. The molecule has 28 heavy (non-hydrogen) atoms. The molecule has 0 aliphatic heterocycles. The predicted molar refractivity (Wildman–Crippen MR) is 114 cm³/mol. The van der Waals surface area contributed by atoms with E-state index in [1.807, 2.05) is 43.8 Å². The van der Waals surface area contributed by atoms with Crippen LogP contribution in [0, 0.1) is 0 Å². The van der Waals surface area contributed by atoms with Gasteiger partial charge in [-0.2, -0.15) is 0 Å². The van der Waals surface area contributed by atoms with Gasteiger partial charge < -0.3 is 14.6 Å². The van der Waals surface area contributed by atoms with Crippen molar-refractivity contribution in [2.24, 2.45) is 7.05 Å². The molecule has 0 bridgehead atoms. The third kappa shape index (κ3) is 3.83. The Balaban J connectivity index is 1.38. The lowest BCUT2D eigenvalue weighted by molar-refractivity contribution is 0.414. The monoisotopic (exact) mass is 372 g/mol. The average molecular weight is 372 g/mol. The molecule has 4 aromatic rings. The zero-order valence-electron chi connectivity index (χ0n) is 16.2. The second-order valence-corrected chi connectivity index (χ2v) is 6.84. The van der Waals surface area contributed by atoms with E-state index in [1.54, 1.807) is 7.11 Å². The maximum absolute atomic E-state index is 5.20. The zero-order valence-corrected chi connectivity index (χ0v) is 16.2. The average Bonchev–Trinajstić information content (AvgIpc) is 3.11. The fourth-order valence-corrected chi connectivity index (χ4v) is 3.37. The maximum Gasteiger partial charge on any atom is 0.203 e. The lowest BCUT2D eigenvalue weighted by Crippen LogP contribution is -2.08. The summed E-state index contributed by atoms with van der Waals surface area (Å²) < 4.78 is 7.31. The van der Waals surface area contributed by atoms with Gasteiger partial charge in [-0.25, -0.2) is 4.98 Å². The number of imidazole rings is 1. The van der Waals surface area contributed by atoms with E-state index in [1.165, 1.54) is 10.9 Å². The topological polar surface area (TPSA) is 52.0 Å². The Morgan fingerprint density at radius 2 is 1.86 bits per heavy atom. The van der Waals surface area contributed by atoms with Gasteiger partial charge in [-0.1, -0.05) is 24.3 Å². The van der Waals surface area contributed by atoms with Crippen molar-refractivity contribution in [3.8, 4) is 17.0 Å². The summed E-state index contributed by atoms with van der Waals surface area (Å²) in [4.78, 5) is 8.74. The minimum absolute atomic E-state index is 0.875. The first-order valence-corrected chi connectivity index (χ1v) is 9.47. The van der Waals surface area contributed by atoms with Crippen LogP contribution in [0.5, 0.6) is 5.75 Å². The molecule has 0 aliphatic carbocycles. The van der Waals surface area contributed by atoms with E-state index >= 15 is 0 Å². The summed E-state index contributed by atoms with van der Waals surface area (Å²) in [5, 5.41) is 5.78. The number of aromatic nitrogens is 3. The van der Waals surface area contributed by atoms with Crippen LogP contribution in [0.3, 0.4) is 0 Å². The number of nitrogens with zero attached hydrogens (tertiary/aromatic N) is 3. The van der Waals surface area contributed by atoms with E-state index < -0.39 is 0 Å². The SMILES string of the molecule is COc1ccc(CCCNc2ncc(-c3ccc4cnccc4c3)n2C)cc1. The number of aryl methyl sites for hydroxylation is 1. The number of hydrogen-bond acceptors (Lipinski definition) is 4. The number of pyridine rings is 1. The van der Waals surface area contributed by atoms with Gasteiger partial charge >= 0.3 is 0 Å². The lowest BCUT2D eigenvalue weighted by Gasteiger charge is -2.09. The molecule has 0 fully saturated rings. The van der Waals surface area contributed by atoms with Crippen molar-refractivity contribution in [3.63, 3.8) is 0 Å². The van der Waals surface area contributed by atoms with E-state index in [0.717, 1.165) is 47.7 Å². The number of benzene rings is 2. The minimum Gasteiger partial charge on any atom is -0.497 e. The highest BCUT2D eigenvalue weighted by molar-refractivity contribution is 5.86. The fraction of sp³-hybridized carbons (Fsp3) is 0.217. The van der Waals surface area contributed by atoms with E-state index in [9.17, 15) is 0 Å². The Morgan fingerprint density at radius 3 is 2.68 bits per heavy atom. The van der Waals surface area contributed by atoms with E-state index in [0.29, 0.717) is 0 Å². The summed E-state index contributed by atoms with van der Waals surface area (Å²) in [6, 6.07) is 16.7. The van der Waals surface area contributed by atoms with Crippen LogP contribution in [0.15, 0.2) is 67.1 Å². The Kier molecular flexibility index (Phi) is 5.24. The van der Waals surface area contributed by atoms with Crippen LogP contribution in [0.2, 0.25) is 0 Å².